The average Bonchev–Trinajstić information content (AvgIpc) is 2.88. The summed E-state index contributed by atoms with van der Waals surface area (Å²) in [5.74, 6) is 0.0280. The molecule has 0 aliphatic carbocycles. The number of para-hydroxylation sites is 1. The van der Waals surface area contributed by atoms with Gasteiger partial charge in [0.15, 0.2) is 0 Å². The van der Waals surface area contributed by atoms with Crippen LogP contribution < -0.4 is 0 Å². The van der Waals surface area contributed by atoms with E-state index in [4.69, 9.17) is 4.74 Å². The lowest BCUT2D eigenvalue weighted by molar-refractivity contribution is 0.0466. The van der Waals surface area contributed by atoms with Crippen molar-refractivity contribution in [2.24, 2.45) is 5.92 Å². The summed E-state index contributed by atoms with van der Waals surface area (Å²) in [6, 6.07) is 19.4. The second-order valence-electron chi connectivity index (χ2n) is 8.51. The number of rotatable bonds is 11. The first kappa shape index (κ1) is 25.2. The van der Waals surface area contributed by atoms with Gasteiger partial charge in [0, 0.05) is 10.9 Å². The predicted molar refractivity (Wildman–Crippen MR) is 143 cm³/mol. The van der Waals surface area contributed by atoms with E-state index in [9.17, 15) is 4.79 Å². The molecule has 1 atom stereocenters. The topological polar surface area (TPSA) is 39.2 Å². The van der Waals surface area contributed by atoms with E-state index in [1.807, 2.05) is 48.5 Å². The minimum atomic E-state index is -0.414. The fourth-order valence-corrected chi connectivity index (χ4v) is 3.74. The maximum absolute atomic E-state index is 12.6. The molecule has 0 saturated heterocycles. The standard InChI is InChI=1S/C31H35NO2/c1-4-6-7-9-15-25(5-2)18-12-14-24(3)28-20-13-19-27-21-22-29(32-30(27)28)31(33)34-23-26-16-10-8-11-17-26/h8-22,25H,4-7,23H2,1-3H3/b15-9?,18-12-,24-14+. The number of unbranched alkanes of at least 4 members (excludes halogenated alkanes) is 2. The normalized spacial score (nSPS) is 13.1. The van der Waals surface area contributed by atoms with Gasteiger partial charge in [-0.25, -0.2) is 9.78 Å². The SMILES string of the molecule is CCCCC=CC(/C=C\C=C(/C)c1cccc2ccc(C(=O)OCc3ccccc3)nc12)CC. The van der Waals surface area contributed by atoms with Crippen LogP contribution in [0.5, 0.6) is 0 Å². The molecule has 0 amide bonds. The smallest absolute Gasteiger partial charge is 0.357 e. The number of allylic oxidation sites excluding steroid dienone is 6. The van der Waals surface area contributed by atoms with Gasteiger partial charge >= 0.3 is 5.97 Å². The van der Waals surface area contributed by atoms with E-state index in [0.717, 1.165) is 40.4 Å². The Morgan fingerprint density at radius 3 is 2.59 bits per heavy atom. The third-order valence-corrected chi connectivity index (χ3v) is 5.85. The van der Waals surface area contributed by atoms with E-state index in [2.05, 4.69) is 62.2 Å². The number of ether oxygens (including phenoxy) is 1. The molecule has 0 aliphatic heterocycles. The number of carbonyl (C=O) groups is 1. The van der Waals surface area contributed by atoms with E-state index >= 15 is 0 Å². The largest absolute Gasteiger partial charge is 0.456 e. The lowest BCUT2D eigenvalue weighted by atomic mass is 10.0. The van der Waals surface area contributed by atoms with E-state index in [-0.39, 0.29) is 6.61 Å². The van der Waals surface area contributed by atoms with Crippen LogP contribution in [-0.2, 0) is 11.3 Å². The molecular formula is C31H35NO2. The maximum atomic E-state index is 12.6. The molecule has 3 aromatic rings. The quantitative estimate of drug-likeness (QED) is 0.127. The third kappa shape index (κ3) is 7.28. The second-order valence-corrected chi connectivity index (χ2v) is 8.51. The van der Waals surface area contributed by atoms with Gasteiger partial charge in [-0.2, -0.15) is 0 Å². The number of carbonyl (C=O) groups excluding carboxylic acids is 1. The molecule has 1 aromatic heterocycles. The zero-order valence-electron chi connectivity index (χ0n) is 20.5. The summed E-state index contributed by atoms with van der Waals surface area (Å²) >= 11 is 0. The molecule has 0 spiro atoms. The Bertz CT molecular complexity index is 1160. The van der Waals surface area contributed by atoms with Gasteiger partial charge in [0.25, 0.3) is 0 Å². The number of pyridine rings is 1. The minimum absolute atomic E-state index is 0.232. The molecule has 0 radical (unpaired) electrons. The van der Waals surface area contributed by atoms with Gasteiger partial charge in [-0.3, -0.25) is 0 Å². The van der Waals surface area contributed by atoms with Crippen LogP contribution >= 0.6 is 0 Å². The Morgan fingerprint density at radius 1 is 1.00 bits per heavy atom. The van der Waals surface area contributed by atoms with Crippen LogP contribution in [0.1, 0.15) is 68.1 Å². The van der Waals surface area contributed by atoms with Crippen LogP contribution in [0.3, 0.4) is 0 Å². The Hall–Kier alpha value is -3.46. The highest BCUT2D eigenvalue weighted by Crippen LogP contribution is 2.24. The first-order valence-corrected chi connectivity index (χ1v) is 12.2. The van der Waals surface area contributed by atoms with E-state index in [1.165, 1.54) is 12.8 Å². The lowest BCUT2D eigenvalue weighted by Gasteiger charge is -2.09. The number of aromatic nitrogens is 1. The number of nitrogens with zero attached hydrogens (tertiary/aromatic N) is 1. The Balaban J connectivity index is 1.76. The van der Waals surface area contributed by atoms with Crippen molar-refractivity contribution in [1.82, 2.24) is 4.98 Å². The molecule has 2 aromatic carbocycles. The second kappa shape index (κ2) is 13.3. The van der Waals surface area contributed by atoms with Crippen LogP contribution in [0.4, 0.5) is 0 Å². The molecule has 0 aliphatic rings. The molecule has 3 nitrogen and oxygen atoms in total. The van der Waals surface area contributed by atoms with Gasteiger partial charge in [0.1, 0.15) is 12.3 Å². The molecule has 0 bridgehead atoms. The summed E-state index contributed by atoms with van der Waals surface area (Å²) in [4.78, 5) is 17.3. The van der Waals surface area contributed by atoms with Crippen molar-refractivity contribution in [3.8, 4) is 0 Å². The molecule has 3 rings (SSSR count). The van der Waals surface area contributed by atoms with Crippen molar-refractivity contribution < 1.29 is 9.53 Å². The zero-order valence-corrected chi connectivity index (χ0v) is 20.5. The fourth-order valence-electron chi connectivity index (χ4n) is 3.74. The summed E-state index contributed by atoms with van der Waals surface area (Å²) in [6.07, 6.45) is 15.8. The molecule has 3 heteroatoms. The van der Waals surface area contributed by atoms with Crippen LogP contribution in [-0.4, -0.2) is 11.0 Å². The van der Waals surface area contributed by atoms with Crippen LogP contribution in [0.15, 0.2) is 91.0 Å². The molecule has 1 unspecified atom stereocenters. The zero-order chi connectivity index (χ0) is 24.2. The first-order valence-electron chi connectivity index (χ1n) is 12.2. The van der Waals surface area contributed by atoms with Crippen molar-refractivity contribution in [3.05, 3.63) is 108 Å². The van der Waals surface area contributed by atoms with Gasteiger partial charge in [-0.05, 0) is 42.9 Å². The van der Waals surface area contributed by atoms with Crippen LogP contribution in [0.25, 0.3) is 16.5 Å². The molecule has 34 heavy (non-hydrogen) atoms. The summed E-state index contributed by atoms with van der Waals surface area (Å²) in [7, 11) is 0. The molecule has 0 fully saturated rings. The van der Waals surface area contributed by atoms with Crippen LogP contribution in [0, 0.1) is 5.92 Å². The Labute approximate surface area is 203 Å². The number of hydrogen-bond acceptors (Lipinski definition) is 3. The van der Waals surface area contributed by atoms with Crippen LogP contribution in [0.2, 0.25) is 0 Å². The number of esters is 1. The first-order chi connectivity index (χ1) is 16.6. The van der Waals surface area contributed by atoms with Gasteiger partial charge in [-0.1, -0.05) is 112 Å². The third-order valence-electron chi connectivity index (χ3n) is 5.85. The molecular weight excluding hydrogens is 418 g/mol. The van der Waals surface area contributed by atoms with Gasteiger partial charge in [-0.15, -0.1) is 0 Å². The van der Waals surface area contributed by atoms with Crippen molar-refractivity contribution in [2.75, 3.05) is 0 Å². The predicted octanol–water partition coefficient (Wildman–Crippen LogP) is 8.32. The van der Waals surface area contributed by atoms with Gasteiger partial charge in [0.05, 0.1) is 5.52 Å². The van der Waals surface area contributed by atoms with Crippen molar-refractivity contribution in [1.29, 1.82) is 0 Å². The Kier molecular flexibility index (Phi) is 9.84. The highest BCUT2D eigenvalue weighted by Gasteiger charge is 2.12. The summed E-state index contributed by atoms with van der Waals surface area (Å²) in [5, 5.41) is 0.999. The number of hydrogen-bond donors (Lipinski definition) is 0. The van der Waals surface area contributed by atoms with Crippen molar-refractivity contribution in [3.63, 3.8) is 0 Å². The molecule has 0 saturated carbocycles. The summed E-state index contributed by atoms with van der Waals surface area (Å²) in [6.45, 7) is 6.75. The van der Waals surface area contributed by atoms with Gasteiger partial charge < -0.3 is 4.74 Å². The van der Waals surface area contributed by atoms with Crippen molar-refractivity contribution in [2.45, 2.75) is 53.1 Å². The van der Waals surface area contributed by atoms with E-state index in [0.29, 0.717) is 11.6 Å². The molecule has 0 N–H and O–H groups in total. The van der Waals surface area contributed by atoms with Gasteiger partial charge in [0.2, 0.25) is 0 Å². The molecule has 1 heterocycles. The highest BCUT2D eigenvalue weighted by atomic mass is 16.5. The monoisotopic (exact) mass is 453 g/mol. The van der Waals surface area contributed by atoms with E-state index in [1.54, 1.807) is 6.07 Å². The highest BCUT2D eigenvalue weighted by molar-refractivity contribution is 5.95. The minimum Gasteiger partial charge on any atom is -0.456 e. The Morgan fingerprint density at radius 2 is 1.82 bits per heavy atom. The summed E-state index contributed by atoms with van der Waals surface area (Å²) < 4.78 is 5.48. The summed E-state index contributed by atoms with van der Waals surface area (Å²) in [5.41, 5.74) is 4.21. The van der Waals surface area contributed by atoms with Crippen molar-refractivity contribution >= 4 is 22.4 Å². The number of fused-ring (bicyclic) bond motifs is 1. The maximum Gasteiger partial charge on any atom is 0.357 e. The lowest BCUT2D eigenvalue weighted by Crippen LogP contribution is -2.07. The average molecular weight is 454 g/mol. The number of benzene rings is 2. The molecule has 176 valence electrons. The van der Waals surface area contributed by atoms with E-state index < -0.39 is 5.97 Å². The fraction of sp³-hybridized carbons (Fsp3) is 0.290.